The van der Waals surface area contributed by atoms with E-state index in [9.17, 15) is 9.18 Å². The van der Waals surface area contributed by atoms with Gasteiger partial charge in [-0.1, -0.05) is 18.2 Å². The van der Waals surface area contributed by atoms with Crippen LogP contribution in [0.5, 0.6) is 5.75 Å². The number of anilines is 2. The minimum absolute atomic E-state index is 0.190. The number of carbonyl (C=O) groups excluding carboxylic acids is 1. The Balaban J connectivity index is 1.57. The number of nitrogens with one attached hydrogen (secondary N) is 1. The highest BCUT2D eigenvalue weighted by atomic mass is 19.1. The van der Waals surface area contributed by atoms with Crippen molar-refractivity contribution in [3.63, 3.8) is 0 Å². The van der Waals surface area contributed by atoms with Crippen LogP contribution in [-0.2, 0) is 4.79 Å². The Morgan fingerprint density at radius 2 is 1.85 bits per heavy atom. The molecule has 1 atom stereocenters. The van der Waals surface area contributed by atoms with E-state index in [1.165, 1.54) is 6.07 Å². The van der Waals surface area contributed by atoms with Crippen LogP contribution in [0.4, 0.5) is 15.8 Å². The maximum atomic E-state index is 13.7. The molecule has 0 saturated carbocycles. The lowest BCUT2D eigenvalue weighted by molar-refractivity contribution is -0.120. The Morgan fingerprint density at radius 1 is 1.12 bits per heavy atom. The van der Waals surface area contributed by atoms with Crippen molar-refractivity contribution in [2.45, 2.75) is 13.0 Å². The number of carbonyl (C=O) groups is 1. The van der Waals surface area contributed by atoms with Gasteiger partial charge in [0, 0.05) is 37.9 Å². The van der Waals surface area contributed by atoms with E-state index in [4.69, 9.17) is 4.74 Å². The molecule has 138 valence electrons. The number of halogens is 1. The Labute approximate surface area is 153 Å². The highest BCUT2D eigenvalue weighted by Crippen LogP contribution is 2.22. The molecule has 1 fully saturated rings. The molecule has 0 radical (unpaired) electrons. The summed E-state index contributed by atoms with van der Waals surface area (Å²) in [4.78, 5) is 16.8. The second kappa shape index (κ2) is 8.19. The van der Waals surface area contributed by atoms with Gasteiger partial charge in [0.1, 0.15) is 11.6 Å². The molecule has 2 aromatic rings. The molecule has 6 heteroatoms. The smallest absolute Gasteiger partial charge is 0.241 e. The summed E-state index contributed by atoms with van der Waals surface area (Å²) in [5.41, 5.74) is 1.34. The van der Waals surface area contributed by atoms with Gasteiger partial charge in [-0.05, 0) is 31.2 Å². The quantitative estimate of drug-likeness (QED) is 0.894. The molecule has 5 nitrogen and oxygen atoms in total. The van der Waals surface area contributed by atoms with Crippen LogP contribution in [0.2, 0.25) is 0 Å². The van der Waals surface area contributed by atoms with Crippen molar-refractivity contribution < 1.29 is 13.9 Å². The largest absolute Gasteiger partial charge is 0.497 e. The third kappa shape index (κ3) is 4.14. The summed E-state index contributed by atoms with van der Waals surface area (Å²) in [7, 11) is 1.66. The molecule has 0 aromatic heterocycles. The van der Waals surface area contributed by atoms with E-state index in [1.54, 1.807) is 25.3 Å². The number of hydrogen-bond acceptors (Lipinski definition) is 4. The van der Waals surface area contributed by atoms with Crippen molar-refractivity contribution in [3.05, 3.63) is 54.3 Å². The van der Waals surface area contributed by atoms with E-state index in [1.807, 2.05) is 25.1 Å². The third-order valence-electron chi connectivity index (χ3n) is 4.79. The highest BCUT2D eigenvalue weighted by molar-refractivity contribution is 5.94. The molecule has 2 aromatic carbocycles. The Bertz CT molecular complexity index is 760. The normalized spacial score (nSPS) is 16.2. The lowest BCUT2D eigenvalue weighted by Gasteiger charge is -2.38. The predicted molar refractivity (Wildman–Crippen MR) is 101 cm³/mol. The van der Waals surface area contributed by atoms with Crippen LogP contribution in [0.25, 0.3) is 0 Å². The monoisotopic (exact) mass is 357 g/mol. The van der Waals surface area contributed by atoms with Crippen LogP contribution < -0.4 is 15.0 Å². The van der Waals surface area contributed by atoms with Crippen LogP contribution in [0.1, 0.15) is 6.92 Å². The average molecular weight is 357 g/mol. The highest BCUT2D eigenvalue weighted by Gasteiger charge is 2.26. The first-order valence-corrected chi connectivity index (χ1v) is 8.77. The Hall–Kier alpha value is -2.60. The summed E-state index contributed by atoms with van der Waals surface area (Å²) in [6.45, 7) is 5.04. The van der Waals surface area contributed by atoms with Crippen LogP contribution in [-0.4, -0.2) is 50.1 Å². The molecule has 0 unspecified atom stereocenters. The molecule has 1 heterocycles. The number of methoxy groups -OCH3 is 1. The Morgan fingerprint density at radius 3 is 2.54 bits per heavy atom. The van der Waals surface area contributed by atoms with Gasteiger partial charge in [0.25, 0.3) is 0 Å². The summed E-state index contributed by atoms with van der Waals surface area (Å²) in [6, 6.07) is 13.9. The summed E-state index contributed by atoms with van der Waals surface area (Å²) in [5.74, 6) is 0.225. The maximum Gasteiger partial charge on any atom is 0.241 e. The van der Waals surface area contributed by atoms with Gasteiger partial charge < -0.3 is 15.0 Å². The molecule has 1 amide bonds. The predicted octanol–water partition coefficient (Wildman–Crippen LogP) is 2.98. The molecule has 1 aliphatic heterocycles. The molecule has 1 N–H and O–H groups in total. The van der Waals surface area contributed by atoms with Gasteiger partial charge in [-0.3, -0.25) is 9.69 Å². The van der Waals surface area contributed by atoms with Crippen molar-refractivity contribution in [2.75, 3.05) is 43.5 Å². The number of ether oxygens (including phenoxy) is 1. The molecule has 0 aliphatic carbocycles. The Kier molecular flexibility index (Phi) is 5.73. The van der Waals surface area contributed by atoms with Gasteiger partial charge in [-0.25, -0.2) is 4.39 Å². The van der Waals surface area contributed by atoms with E-state index < -0.39 is 5.82 Å². The molecule has 0 spiro atoms. The maximum absolute atomic E-state index is 13.7. The van der Waals surface area contributed by atoms with Gasteiger partial charge in [0.15, 0.2) is 0 Å². The van der Waals surface area contributed by atoms with Crippen molar-refractivity contribution in [3.8, 4) is 5.75 Å². The fourth-order valence-electron chi connectivity index (χ4n) is 3.14. The molecule has 1 saturated heterocycles. The summed E-state index contributed by atoms with van der Waals surface area (Å²) >= 11 is 0. The number of benzene rings is 2. The summed E-state index contributed by atoms with van der Waals surface area (Å²) in [6.07, 6.45) is 0. The molecule has 0 bridgehead atoms. The first kappa shape index (κ1) is 18.2. The second-order valence-electron chi connectivity index (χ2n) is 6.37. The zero-order chi connectivity index (χ0) is 18.5. The fraction of sp³-hybridized carbons (Fsp3) is 0.350. The molecular weight excluding hydrogens is 333 g/mol. The number of amides is 1. The van der Waals surface area contributed by atoms with E-state index in [0.717, 1.165) is 37.6 Å². The minimum atomic E-state index is -0.420. The lowest BCUT2D eigenvalue weighted by Crippen LogP contribution is -2.52. The summed E-state index contributed by atoms with van der Waals surface area (Å²) < 4.78 is 19.0. The lowest BCUT2D eigenvalue weighted by atomic mass is 10.2. The fourth-order valence-corrected chi connectivity index (χ4v) is 3.14. The molecule has 26 heavy (non-hydrogen) atoms. The third-order valence-corrected chi connectivity index (χ3v) is 4.79. The first-order chi connectivity index (χ1) is 12.6. The van der Waals surface area contributed by atoms with Crippen LogP contribution in [0.15, 0.2) is 48.5 Å². The number of rotatable bonds is 5. The van der Waals surface area contributed by atoms with Gasteiger partial charge in [0.2, 0.25) is 5.91 Å². The van der Waals surface area contributed by atoms with Gasteiger partial charge in [-0.2, -0.15) is 0 Å². The molecule has 3 rings (SSSR count). The van der Waals surface area contributed by atoms with Gasteiger partial charge >= 0.3 is 0 Å². The average Bonchev–Trinajstić information content (AvgIpc) is 2.69. The molecular formula is C20H24FN3O2. The number of para-hydroxylation sites is 1. The topological polar surface area (TPSA) is 44.8 Å². The number of nitrogens with zero attached hydrogens (tertiary/aromatic N) is 2. The van der Waals surface area contributed by atoms with Gasteiger partial charge in [-0.15, -0.1) is 0 Å². The second-order valence-corrected chi connectivity index (χ2v) is 6.37. The van der Waals surface area contributed by atoms with Crippen LogP contribution in [0, 0.1) is 5.82 Å². The first-order valence-electron chi connectivity index (χ1n) is 8.77. The van der Waals surface area contributed by atoms with E-state index in [2.05, 4.69) is 21.2 Å². The van der Waals surface area contributed by atoms with Crippen molar-refractivity contribution in [1.82, 2.24) is 4.90 Å². The zero-order valence-corrected chi connectivity index (χ0v) is 15.1. The molecule has 1 aliphatic rings. The van der Waals surface area contributed by atoms with Crippen molar-refractivity contribution in [2.24, 2.45) is 0 Å². The van der Waals surface area contributed by atoms with Gasteiger partial charge in [0.05, 0.1) is 18.8 Å². The standard InChI is InChI=1S/C20H24FN3O2/c1-15(20(25)22-19-9-4-3-8-18(19)21)23-10-12-24(13-11-23)16-6-5-7-17(14-16)26-2/h3-9,14-15H,10-13H2,1-2H3,(H,22,25)/t15-/m1/s1. The van der Waals surface area contributed by atoms with Crippen LogP contribution >= 0.6 is 0 Å². The van der Waals surface area contributed by atoms with Crippen LogP contribution in [0.3, 0.4) is 0 Å². The van der Waals surface area contributed by atoms with E-state index in [-0.39, 0.29) is 17.6 Å². The zero-order valence-electron chi connectivity index (χ0n) is 15.1. The summed E-state index contributed by atoms with van der Waals surface area (Å²) in [5, 5.41) is 2.68. The van der Waals surface area contributed by atoms with E-state index in [0.29, 0.717) is 0 Å². The van der Waals surface area contributed by atoms with Crippen molar-refractivity contribution in [1.29, 1.82) is 0 Å². The van der Waals surface area contributed by atoms with Crippen molar-refractivity contribution >= 4 is 17.3 Å². The van der Waals surface area contributed by atoms with E-state index >= 15 is 0 Å². The number of hydrogen-bond donors (Lipinski definition) is 1. The SMILES string of the molecule is COc1cccc(N2CCN([C@H](C)C(=O)Nc3ccccc3F)CC2)c1. The number of piperazine rings is 1. The minimum Gasteiger partial charge on any atom is -0.497 e.